The number of rotatable bonds is 7. The van der Waals surface area contributed by atoms with Gasteiger partial charge in [-0.2, -0.15) is 0 Å². The monoisotopic (exact) mass is 236 g/mol. The lowest BCUT2D eigenvalue weighted by atomic mass is 10.1. The molecule has 0 aliphatic heterocycles. The number of methoxy groups -OCH3 is 1. The Labute approximate surface area is 105 Å². The molecule has 1 N–H and O–H groups in total. The second kappa shape index (κ2) is 7.15. The average Bonchev–Trinajstić information content (AvgIpc) is 2.32. The largest absolute Gasteiger partial charge is 0.481 e. The molecule has 3 nitrogen and oxygen atoms in total. The van der Waals surface area contributed by atoms with Crippen molar-refractivity contribution in [3.8, 4) is 5.88 Å². The Morgan fingerprint density at radius 1 is 1.35 bits per heavy atom. The molecule has 1 heterocycles. The number of hydrogen-bond acceptors (Lipinski definition) is 3. The van der Waals surface area contributed by atoms with E-state index in [-0.39, 0.29) is 0 Å². The third kappa shape index (κ3) is 4.63. The van der Waals surface area contributed by atoms with Crippen molar-refractivity contribution in [2.75, 3.05) is 12.4 Å². The first-order valence-electron chi connectivity index (χ1n) is 6.45. The molecule has 0 radical (unpaired) electrons. The summed E-state index contributed by atoms with van der Waals surface area (Å²) in [6.07, 6.45) is 5.08. The van der Waals surface area contributed by atoms with Crippen LogP contribution >= 0.6 is 0 Å². The summed E-state index contributed by atoms with van der Waals surface area (Å²) in [5.74, 6) is 0.673. The van der Waals surface area contributed by atoms with E-state index in [1.807, 2.05) is 19.1 Å². The van der Waals surface area contributed by atoms with E-state index in [1.54, 1.807) is 7.11 Å². The predicted molar refractivity (Wildman–Crippen MR) is 72.8 cm³/mol. The van der Waals surface area contributed by atoms with E-state index in [1.165, 1.54) is 25.7 Å². The van der Waals surface area contributed by atoms with Gasteiger partial charge in [0.2, 0.25) is 5.88 Å². The van der Waals surface area contributed by atoms with Gasteiger partial charge >= 0.3 is 0 Å². The SMILES string of the molecule is CCCCCC(C)Nc1ccc(OC)nc1C. The maximum atomic E-state index is 5.10. The van der Waals surface area contributed by atoms with Crippen LogP contribution in [-0.4, -0.2) is 18.1 Å². The number of pyridine rings is 1. The molecule has 96 valence electrons. The van der Waals surface area contributed by atoms with E-state index in [9.17, 15) is 0 Å². The molecule has 0 aromatic carbocycles. The number of unbranched alkanes of at least 4 members (excludes halogenated alkanes) is 2. The molecule has 1 aromatic rings. The second-order valence-corrected chi connectivity index (χ2v) is 4.53. The van der Waals surface area contributed by atoms with Crippen molar-refractivity contribution in [2.24, 2.45) is 0 Å². The molecule has 1 unspecified atom stereocenters. The topological polar surface area (TPSA) is 34.1 Å². The summed E-state index contributed by atoms with van der Waals surface area (Å²) in [5.41, 5.74) is 2.10. The summed E-state index contributed by atoms with van der Waals surface area (Å²) in [6.45, 7) is 6.46. The highest BCUT2D eigenvalue weighted by atomic mass is 16.5. The molecule has 0 amide bonds. The molecule has 0 saturated carbocycles. The van der Waals surface area contributed by atoms with E-state index in [4.69, 9.17) is 4.74 Å². The van der Waals surface area contributed by atoms with E-state index in [0.717, 1.165) is 11.4 Å². The number of aryl methyl sites for hydroxylation is 1. The number of nitrogens with one attached hydrogen (secondary N) is 1. The van der Waals surface area contributed by atoms with Crippen molar-refractivity contribution >= 4 is 5.69 Å². The molecule has 0 bridgehead atoms. The molecule has 0 fully saturated rings. The van der Waals surface area contributed by atoms with Crippen LogP contribution in [0.1, 0.15) is 45.2 Å². The van der Waals surface area contributed by atoms with Gasteiger partial charge in [-0.15, -0.1) is 0 Å². The predicted octanol–water partition coefficient (Wildman–Crippen LogP) is 3.78. The normalized spacial score (nSPS) is 12.2. The first kappa shape index (κ1) is 13.8. The molecule has 1 rings (SSSR count). The van der Waals surface area contributed by atoms with Crippen LogP contribution in [0.3, 0.4) is 0 Å². The molecule has 0 aliphatic carbocycles. The van der Waals surface area contributed by atoms with Crippen LogP contribution in [0, 0.1) is 6.92 Å². The summed E-state index contributed by atoms with van der Waals surface area (Å²) in [6, 6.07) is 4.43. The van der Waals surface area contributed by atoms with E-state index in [0.29, 0.717) is 11.9 Å². The summed E-state index contributed by atoms with van der Waals surface area (Å²) in [7, 11) is 1.64. The van der Waals surface area contributed by atoms with Crippen LogP contribution in [0.2, 0.25) is 0 Å². The van der Waals surface area contributed by atoms with Gasteiger partial charge in [0, 0.05) is 12.1 Å². The quantitative estimate of drug-likeness (QED) is 0.732. The van der Waals surface area contributed by atoms with Gasteiger partial charge in [0.15, 0.2) is 0 Å². The van der Waals surface area contributed by atoms with Crippen molar-refractivity contribution in [1.29, 1.82) is 0 Å². The van der Waals surface area contributed by atoms with Crippen molar-refractivity contribution in [2.45, 2.75) is 52.5 Å². The number of nitrogens with zero attached hydrogens (tertiary/aromatic N) is 1. The van der Waals surface area contributed by atoms with Crippen LogP contribution in [0.4, 0.5) is 5.69 Å². The molecule has 0 aliphatic rings. The third-order valence-corrected chi connectivity index (χ3v) is 2.91. The van der Waals surface area contributed by atoms with Gasteiger partial charge < -0.3 is 10.1 Å². The highest BCUT2D eigenvalue weighted by Gasteiger charge is 2.05. The zero-order valence-electron chi connectivity index (χ0n) is 11.4. The van der Waals surface area contributed by atoms with Gasteiger partial charge in [-0.3, -0.25) is 0 Å². The van der Waals surface area contributed by atoms with Gasteiger partial charge in [-0.1, -0.05) is 26.2 Å². The van der Waals surface area contributed by atoms with Gasteiger partial charge in [0.05, 0.1) is 18.5 Å². The minimum Gasteiger partial charge on any atom is -0.481 e. The van der Waals surface area contributed by atoms with Crippen LogP contribution < -0.4 is 10.1 Å². The first-order valence-corrected chi connectivity index (χ1v) is 6.45. The lowest BCUT2D eigenvalue weighted by Crippen LogP contribution is -2.16. The zero-order chi connectivity index (χ0) is 12.7. The first-order chi connectivity index (χ1) is 8.17. The molecule has 3 heteroatoms. The van der Waals surface area contributed by atoms with Gasteiger partial charge in [-0.25, -0.2) is 4.98 Å². The number of aromatic nitrogens is 1. The van der Waals surface area contributed by atoms with Crippen LogP contribution in [-0.2, 0) is 0 Å². The molecule has 17 heavy (non-hydrogen) atoms. The van der Waals surface area contributed by atoms with Gasteiger partial charge in [0.25, 0.3) is 0 Å². The Kier molecular flexibility index (Phi) is 5.81. The highest BCUT2D eigenvalue weighted by Crippen LogP contribution is 2.18. The minimum atomic E-state index is 0.496. The zero-order valence-corrected chi connectivity index (χ0v) is 11.4. The summed E-state index contributed by atoms with van der Waals surface area (Å²) in [4.78, 5) is 4.36. The standard InChI is InChI=1S/C14H24N2O/c1-5-6-7-8-11(2)15-13-9-10-14(17-4)16-12(13)3/h9-11,15H,5-8H2,1-4H3. The Morgan fingerprint density at radius 2 is 2.12 bits per heavy atom. The lowest BCUT2D eigenvalue weighted by molar-refractivity contribution is 0.397. The fourth-order valence-electron chi connectivity index (χ4n) is 1.84. The molecule has 0 spiro atoms. The molecular formula is C14H24N2O. The van der Waals surface area contributed by atoms with E-state index < -0.39 is 0 Å². The molecule has 1 aromatic heterocycles. The maximum absolute atomic E-state index is 5.10. The second-order valence-electron chi connectivity index (χ2n) is 4.53. The number of ether oxygens (including phenoxy) is 1. The van der Waals surface area contributed by atoms with Gasteiger partial charge in [0.1, 0.15) is 0 Å². The van der Waals surface area contributed by atoms with E-state index in [2.05, 4.69) is 24.1 Å². The molecular weight excluding hydrogens is 212 g/mol. The van der Waals surface area contributed by atoms with Crippen molar-refractivity contribution in [3.63, 3.8) is 0 Å². The smallest absolute Gasteiger partial charge is 0.213 e. The van der Waals surface area contributed by atoms with Crippen molar-refractivity contribution in [3.05, 3.63) is 17.8 Å². The van der Waals surface area contributed by atoms with Crippen molar-refractivity contribution < 1.29 is 4.74 Å². The number of anilines is 1. The Morgan fingerprint density at radius 3 is 2.71 bits per heavy atom. The minimum absolute atomic E-state index is 0.496. The van der Waals surface area contributed by atoms with Crippen LogP contribution in [0.25, 0.3) is 0 Å². The van der Waals surface area contributed by atoms with Gasteiger partial charge in [-0.05, 0) is 26.3 Å². The maximum Gasteiger partial charge on any atom is 0.213 e. The van der Waals surface area contributed by atoms with Crippen LogP contribution in [0.5, 0.6) is 5.88 Å². The molecule has 1 atom stereocenters. The third-order valence-electron chi connectivity index (χ3n) is 2.91. The lowest BCUT2D eigenvalue weighted by Gasteiger charge is -2.16. The molecule has 0 saturated heterocycles. The Hall–Kier alpha value is -1.25. The summed E-state index contributed by atoms with van der Waals surface area (Å²) >= 11 is 0. The fraction of sp³-hybridized carbons (Fsp3) is 0.643. The average molecular weight is 236 g/mol. The van der Waals surface area contributed by atoms with E-state index >= 15 is 0 Å². The van der Waals surface area contributed by atoms with Crippen molar-refractivity contribution in [1.82, 2.24) is 4.98 Å². The Bertz CT molecular complexity index is 339. The summed E-state index contributed by atoms with van der Waals surface area (Å²) in [5, 5.41) is 3.50. The number of hydrogen-bond donors (Lipinski definition) is 1. The highest BCUT2D eigenvalue weighted by molar-refractivity contribution is 5.49. The fourth-order valence-corrected chi connectivity index (χ4v) is 1.84. The van der Waals surface area contributed by atoms with Crippen LogP contribution in [0.15, 0.2) is 12.1 Å². The Balaban J connectivity index is 2.50. The summed E-state index contributed by atoms with van der Waals surface area (Å²) < 4.78 is 5.10.